The van der Waals surface area contributed by atoms with Crippen molar-refractivity contribution in [2.45, 2.75) is 47.5 Å². The SMILES string of the molecule is C=CC.C=CC=O.CC.CNCCCOCC(C)(C)COCCCNC=O. The molecule has 0 saturated heterocycles. The number of ether oxygens (including phenoxy) is 2. The predicted octanol–water partition coefficient (Wildman–Crippen LogP) is 3.38. The lowest BCUT2D eigenvalue weighted by Gasteiger charge is -2.24. The van der Waals surface area contributed by atoms with Crippen molar-refractivity contribution in [3.63, 3.8) is 0 Å². The average Bonchev–Trinajstić information content (AvgIpc) is 2.67. The Morgan fingerprint density at radius 2 is 1.37 bits per heavy atom. The lowest BCUT2D eigenvalue weighted by molar-refractivity contribution is -0.109. The highest BCUT2D eigenvalue weighted by atomic mass is 16.5. The van der Waals surface area contributed by atoms with Gasteiger partial charge in [-0.15, -0.1) is 6.58 Å². The summed E-state index contributed by atoms with van der Waals surface area (Å²) in [5, 5.41) is 5.70. The Morgan fingerprint density at radius 1 is 0.963 bits per heavy atom. The van der Waals surface area contributed by atoms with Crippen molar-refractivity contribution in [2.24, 2.45) is 5.41 Å². The molecule has 6 heteroatoms. The van der Waals surface area contributed by atoms with Gasteiger partial charge in [-0.25, -0.2) is 0 Å². The van der Waals surface area contributed by atoms with Crippen molar-refractivity contribution in [3.8, 4) is 0 Å². The summed E-state index contributed by atoms with van der Waals surface area (Å²) in [4.78, 5) is 19.1. The lowest BCUT2D eigenvalue weighted by Crippen LogP contribution is -2.27. The van der Waals surface area contributed by atoms with Crippen LogP contribution in [-0.4, -0.2) is 59.3 Å². The zero-order valence-electron chi connectivity index (χ0n) is 18.5. The molecule has 0 atom stereocenters. The van der Waals surface area contributed by atoms with E-state index in [2.05, 4.69) is 37.6 Å². The molecule has 0 aromatic carbocycles. The van der Waals surface area contributed by atoms with Crippen LogP contribution in [0, 0.1) is 5.41 Å². The Hall–Kier alpha value is -1.50. The van der Waals surface area contributed by atoms with Crippen molar-refractivity contribution < 1.29 is 19.1 Å². The molecule has 0 aliphatic heterocycles. The van der Waals surface area contributed by atoms with Crippen LogP contribution in [0.2, 0.25) is 0 Å². The van der Waals surface area contributed by atoms with Crippen LogP contribution in [0.25, 0.3) is 0 Å². The van der Waals surface area contributed by atoms with Gasteiger partial charge in [0.25, 0.3) is 0 Å². The quantitative estimate of drug-likeness (QED) is 0.206. The summed E-state index contributed by atoms with van der Waals surface area (Å²) in [6.45, 7) is 21.1. The van der Waals surface area contributed by atoms with E-state index in [9.17, 15) is 4.79 Å². The largest absolute Gasteiger partial charge is 0.381 e. The van der Waals surface area contributed by atoms with E-state index in [4.69, 9.17) is 14.3 Å². The van der Waals surface area contributed by atoms with E-state index in [0.29, 0.717) is 39.1 Å². The van der Waals surface area contributed by atoms with Gasteiger partial charge >= 0.3 is 0 Å². The Morgan fingerprint density at radius 3 is 1.70 bits per heavy atom. The number of aldehydes is 1. The highest BCUT2D eigenvalue weighted by Crippen LogP contribution is 2.16. The molecule has 0 fully saturated rings. The van der Waals surface area contributed by atoms with E-state index >= 15 is 0 Å². The van der Waals surface area contributed by atoms with Crippen LogP contribution in [0.15, 0.2) is 25.3 Å². The summed E-state index contributed by atoms with van der Waals surface area (Å²) in [6.07, 6.45) is 6.17. The van der Waals surface area contributed by atoms with Gasteiger partial charge in [0.15, 0.2) is 0 Å². The average molecular weight is 389 g/mol. The first-order chi connectivity index (χ1) is 12.9. The summed E-state index contributed by atoms with van der Waals surface area (Å²) in [7, 11) is 1.94. The van der Waals surface area contributed by atoms with Crippen molar-refractivity contribution in [2.75, 3.05) is 46.6 Å². The van der Waals surface area contributed by atoms with Crippen molar-refractivity contribution >= 4 is 12.7 Å². The van der Waals surface area contributed by atoms with Crippen LogP contribution in [0.4, 0.5) is 0 Å². The third-order valence-electron chi connectivity index (χ3n) is 2.49. The monoisotopic (exact) mass is 388 g/mol. The van der Waals surface area contributed by atoms with Gasteiger partial charge in [0.1, 0.15) is 6.29 Å². The Kier molecular flexibility index (Phi) is 39.5. The fraction of sp³-hybridized carbons (Fsp3) is 0.714. The van der Waals surface area contributed by atoms with Gasteiger partial charge in [0.05, 0.1) is 13.2 Å². The highest BCUT2D eigenvalue weighted by Gasteiger charge is 2.18. The van der Waals surface area contributed by atoms with Gasteiger partial charge in [-0.3, -0.25) is 9.59 Å². The zero-order valence-corrected chi connectivity index (χ0v) is 18.5. The van der Waals surface area contributed by atoms with Crippen molar-refractivity contribution in [3.05, 3.63) is 25.3 Å². The Balaban J connectivity index is -0.000000246. The van der Waals surface area contributed by atoms with Crippen LogP contribution in [-0.2, 0) is 19.1 Å². The summed E-state index contributed by atoms with van der Waals surface area (Å²) in [6, 6.07) is 0. The molecule has 27 heavy (non-hydrogen) atoms. The van der Waals surface area contributed by atoms with Crippen molar-refractivity contribution in [1.29, 1.82) is 0 Å². The first kappa shape index (κ1) is 33.1. The Labute approximate surface area is 167 Å². The molecule has 162 valence electrons. The minimum Gasteiger partial charge on any atom is -0.381 e. The molecule has 0 radical (unpaired) electrons. The standard InChI is InChI=1S/C13H28N2O3.C3H4O.C3H6.C2H6/c1-13(2,10-17-8-4-6-14-3)11-18-9-5-7-15-12-16;1-2-3-4;1-3-2;1-2/h12,14H,4-11H2,1-3H3,(H,15,16);2-3H,1H2;3H,1H2,2H3;1-2H3. The summed E-state index contributed by atoms with van der Waals surface area (Å²) >= 11 is 0. The summed E-state index contributed by atoms with van der Waals surface area (Å²) in [5.74, 6) is 0. The number of hydrogen-bond acceptors (Lipinski definition) is 5. The lowest BCUT2D eigenvalue weighted by atomic mass is 9.96. The van der Waals surface area contributed by atoms with Crippen LogP contribution in [0.3, 0.4) is 0 Å². The minimum absolute atomic E-state index is 0.0394. The molecule has 1 amide bonds. The number of hydrogen-bond donors (Lipinski definition) is 2. The first-order valence-electron chi connectivity index (χ1n) is 9.56. The molecular weight excluding hydrogens is 344 g/mol. The van der Waals surface area contributed by atoms with E-state index in [1.807, 2.05) is 27.8 Å². The van der Waals surface area contributed by atoms with Crippen LogP contribution in [0.5, 0.6) is 0 Å². The topological polar surface area (TPSA) is 76.7 Å². The fourth-order valence-corrected chi connectivity index (χ4v) is 1.42. The molecule has 0 aliphatic rings. The van der Waals surface area contributed by atoms with Crippen LogP contribution < -0.4 is 10.6 Å². The molecule has 0 rings (SSSR count). The number of rotatable bonds is 14. The van der Waals surface area contributed by atoms with Crippen molar-refractivity contribution in [1.82, 2.24) is 10.6 Å². The van der Waals surface area contributed by atoms with E-state index in [0.717, 1.165) is 26.0 Å². The zero-order chi connectivity index (χ0) is 21.8. The van der Waals surface area contributed by atoms with E-state index in [1.54, 1.807) is 6.08 Å². The maximum Gasteiger partial charge on any atom is 0.207 e. The maximum absolute atomic E-state index is 10.0. The molecule has 0 bridgehead atoms. The van der Waals surface area contributed by atoms with E-state index < -0.39 is 0 Å². The van der Waals surface area contributed by atoms with E-state index in [1.165, 1.54) is 6.08 Å². The van der Waals surface area contributed by atoms with Gasteiger partial charge in [-0.1, -0.05) is 40.3 Å². The van der Waals surface area contributed by atoms with Gasteiger partial charge in [-0.05, 0) is 39.4 Å². The molecule has 0 aromatic rings. The second kappa shape index (κ2) is 32.2. The van der Waals surface area contributed by atoms with Crippen LogP contribution >= 0.6 is 0 Å². The minimum atomic E-state index is 0.0394. The molecule has 0 aliphatic carbocycles. The van der Waals surface area contributed by atoms with Gasteiger partial charge < -0.3 is 20.1 Å². The van der Waals surface area contributed by atoms with Gasteiger partial charge in [0.2, 0.25) is 6.41 Å². The van der Waals surface area contributed by atoms with Crippen LogP contribution in [0.1, 0.15) is 47.5 Å². The second-order valence-corrected chi connectivity index (χ2v) is 5.93. The smallest absolute Gasteiger partial charge is 0.207 e. The normalized spacial score (nSPS) is 9.11. The van der Waals surface area contributed by atoms with Gasteiger partial charge in [0, 0.05) is 25.2 Å². The fourth-order valence-electron chi connectivity index (χ4n) is 1.42. The number of amides is 1. The molecule has 0 spiro atoms. The third-order valence-corrected chi connectivity index (χ3v) is 2.49. The molecule has 6 nitrogen and oxygen atoms in total. The predicted molar refractivity (Wildman–Crippen MR) is 116 cm³/mol. The maximum atomic E-state index is 10.0. The Bertz CT molecular complexity index is 303. The number of carbonyl (C=O) groups is 2. The second-order valence-electron chi connectivity index (χ2n) is 5.93. The number of carbonyl (C=O) groups excluding carboxylic acids is 2. The highest BCUT2D eigenvalue weighted by molar-refractivity contribution is 5.63. The summed E-state index contributed by atoms with van der Waals surface area (Å²) in [5.41, 5.74) is 0.0394. The summed E-state index contributed by atoms with van der Waals surface area (Å²) < 4.78 is 11.2. The number of allylic oxidation sites excluding steroid dienone is 2. The van der Waals surface area contributed by atoms with Gasteiger partial charge in [-0.2, -0.15) is 0 Å². The number of nitrogens with one attached hydrogen (secondary N) is 2. The molecule has 0 unspecified atom stereocenters. The third kappa shape index (κ3) is 45.6. The molecular formula is C21H44N2O4. The molecule has 0 aromatic heterocycles. The first-order valence-corrected chi connectivity index (χ1v) is 9.56. The molecule has 2 N–H and O–H groups in total. The van der Waals surface area contributed by atoms with E-state index in [-0.39, 0.29) is 5.41 Å². The molecule has 0 saturated carbocycles. The molecule has 0 heterocycles.